The minimum atomic E-state index is -0.0371. The molecule has 0 saturated carbocycles. The number of para-hydroxylation sites is 2. The van der Waals surface area contributed by atoms with Gasteiger partial charge in [-0.05, 0) is 29.6 Å². The fraction of sp³-hybridized carbons (Fsp3) is 0.100. The fourth-order valence-corrected chi connectivity index (χ4v) is 4.57. The van der Waals surface area contributed by atoms with E-state index in [-0.39, 0.29) is 5.56 Å². The number of aromatic nitrogens is 2. The van der Waals surface area contributed by atoms with Crippen molar-refractivity contribution in [2.24, 2.45) is 0 Å². The van der Waals surface area contributed by atoms with E-state index in [1.54, 1.807) is 11.7 Å². The number of fused-ring (bicyclic) bond motifs is 1. The highest BCUT2D eigenvalue weighted by molar-refractivity contribution is 7.98. The number of rotatable bonds is 5. The molecule has 6 heteroatoms. The first-order valence-electron chi connectivity index (χ1n) is 8.08. The Morgan fingerprint density at radius 3 is 2.65 bits per heavy atom. The standard InChI is InChI=1S/C20H16N2O2S2/c1-24-17-10-6-5-7-14(17)13-26-20-21-18-16(11-12-25-18)19(23)22(20)15-8-3-2-4-9-15/h2-12H,13H2,1H3. The number of benzene rings is 2. The summed E-state index contributed by atoms with van der Waals surface area (Å²) in [6.07, 6.45) is 0. The number of thiophene rings is 1. The van der Waals surface area contributed by atoms with Crippen molar-refractivity contribution in [1.82, 2.24) is 9.55 Å². The van der Waals surface area contributed by atoms with E-state index in [0.717, 1.165) is 21.8 Å². The van der Waals surface area contributed by atoms with Gasteiger partial charge in [0.1, 0.15) is 10.6 Å². The molecule has 0 unspecified atom stereocenters. The molecule has 0 fully saturated rings. The van der Waals surface area contributed by atoms with E-state index < -0.39 is 0 Å². The fourth-order valence-electron chi connectivity index (χ4n) is 2.76. The van der Waals surface area contributed by atoms with Gasteiger partial charge in [-0.2, -0.15) is 0 Å². The Hall–Kier alpha value is -2.57. The molecular formula is C20H16N2O2S2. The molecule has 0 N–H and O–H groups in total. The van der Waals surface area contributed by atoms with Crippen LogP contribution in [0.4, 0.5) is 0 Å². The molecule has 0 aliphatic rings. The summed E-state index contributed by atoms with van der Waals surface area (Å²) in [5.74, 6) is 1.51. The maximum atomic E-state index is 13.0. The zero-order chi connectivity index (χ0) is 17.9. The Bertz CT molecular complexity index is 1100. The molecule has 0 saturated heterocycles. The number of ether oxygens (including phenoxy) is 1. The molecule has 4 aromatic rings. The van der Waals surface area contributed by atoms with Crippen LogP contribution in [-0.4, -0.2) is 16.7 Å². The van der Waals surface area contributed by atoms with Crippen LogP contribution in [0.5, 0.6) is 5.75 Å². The van der Waals surface area contributed by atoms with Gasteiger partial charge in [-0.25, -0.2) is 4.98 Å². The number of methoxy groups -OCH3 is 1. The van der Waals surface area contributed by atoms with E-state index in [1.807, 2.05) is 66.0 Å². The molecule has 4 rings (SSSR count). The average Bonchev–Trinajstić information content (AvgIpc) is 3.16. The third-order valence-electron chi connectivity index (χ3n) is 4.03. The van der Waals surface area contributed by atoms with Gasteiger partial charge in [0.2, 0.25) is 0 Å². The summed E-state index contributed by atoms with van der Waals surface area (Å²) in [7, 11) is 1.67. The van der Waals surface area contributed by atoms with Gasteiger partial charge in [0.15, 0.2) is 5.16 Å². The molecule has 0 radical (unpaired) electrons. The van der Waals surface area contributed by atoms with Crippen molar-refractivity contribution in [3.8, 4) is 11.4 Å². The van der Waals surface area contributed by atoms with Crippen molar-refractivity contribution in [1.29, 1.82) is 0 Å². The van der Waals surface area contributed by atoms with Crippen LogP contribution < -0.4 is 10.3 Å². The van der Waals surface area contributed by atoms with Crippen LogP contribution in [0.15, 0.2) is 76.0 Å². The normalized spacial score (nSPS) is 11.0. The van der Waals surface area contributed by atoms with Crippen molar-refractivity contribution in [2.75, 3.05) is 7.11 Å². The van der Waals surface area contributed by atoms with Gasteiger partial charge in [0, 0.05) is 11.3 Å². The van der Waals surface area contributed by atoms with Crippen molar-refractivity contribution in [2.45, 2.75) is 10.9 Å². The zero-order valence-corrected chi connectivity index (χ0v) is 15.7. The lowest BCUT2D eigenvalue weighted by atomic mass is 10.2. The summed E-state index contributed by atoms with van der Waals surface area (Å²) < 4.78 is 7.12. The topological polar surface area (TPSA) is 44.1 Å². The smallest absolute Gasteiger partial charge is 0.267 e. The van der Waals surface area contributed by atoms with Crippen molar-refractivity contribution < 1.29 is 4.74 Å². The number of hydrogen-bond acceptors (Lipinski definition) is 5. The Kier molecular flexibility index (Phi) is 4.77. The lowest BCUT2D eigenvalue weighted by molar-refractivity contribution is 0.411. The minimum absolute atomic E-state index is 0.0371. The third-order valence-corrected chi connectivity index (χ3v) is 5.82. The van der Waals surface area contributed by atoms with E-state index in [0.29, 0.717) is 16.3 Å². The molecule has 0 aliphatic heterocycles. The van der Waals surface area contributed by atoms with Crippen LogP contribution in [0.3, 0.4) is 0 Å². The second-order valence-electron chi connectivity index (χ2n) is 5.61. The third kappa shape index (κ3) is 3.13. The average molecular weight is 380 g/mol. The highest BCUT2D eigenvalue weighted by Crippen LogP contribution is 2.29. The van der Waals surface area contributed by atoms with Crippen molar-refractivity contribution in [3.05, 3.63) is 82.0 Å². The first kappa shape index (κ1) is 16.9. The van der Waals surface area contributed by atoms with Gasteiger partial charge >= 0.3 is 0 Å². The SMILES string of the molecule is COc1ccccc1CSc1nc2sccc2c(=O)n1-c1ccccc1. The summed E-state index contributed by atoms with van der Waals surface area (Å²) in [5, 5.41) is 3.24. The highest BCUT2D eigenvalue weighted by Gasteiger charge is 2.15. The van der Waals surface area contributed by atoms with Crippen LogP contribution in [-0.2, 0) is 5.75 Å². The first-order chi connectivity index (χ1) is 12.8. The van der Waals surface area contributed by atoms with Gasteiger partial charge in [0.25, 0.3) is 5.56 Å². The Labute approximate surface area is 159 Å². The Morgan fingerprint density at radius 2 is 1.85 bits per heavy atom. The summed E-state index contributed by atoms with van der Waals surface area (Å²) in [6.45, 7) is 0. The monoisotopic (exact) mass is 380 g/mol. The van der Waals surface area contributed by atoms with E-state index in [2.05, 4.69) is 0 Å². The molecule has 0 amide bonds. The molecule has 0 spiro atoms. The van der Waals surface area contributed by atoms with Gasteiger partial charge in [-0.3, -0.25) is 9.36 Å². The summed E-state index contributed by atoms with van der Waals surface area (Å²) in [4.78, 5) is 18.6. The van der Waals surface area contributed by atoms with Gasteiger partial charge < -0.3 is 4.74 Å². The van der Waals surface area contributed by atoms with Crippen LogP contribution in [0.1, 0.15) is 5.56 Å². The van der Waals surface area contributed by atoms with Gasteiger partial charge in [0.05, 0.1) is 18.2 Å². The van der Waals surface area contributed by atoms with Crippen molar-refractivity contribution in [3.63, 3.8) is 0 Å². The van der Waals surface area contributed by atoms with Gasteiger partial charge in [-0.1, -0.05) is 48.2 Å². The Balaban J connectivity index is 1.80. The largest absolute Gasteiger partial charge is 0.496 e. The van der Waals surface area contributed by atoms with E-state index >= 15 is 0 Å². The molecule has 2 aromatic carbocycles. The predicted molar refractivity (Wildman–Crippen MR) is 108 cm³/mol. The lowest BCUT2D eigenvalue weighted by Crippen LogP contribution is -2.21. The number of nitrogens with zero attached hydrogens (tertiary/aromatic N) is 2. The molecule has 0 bridgehead atoms. The molecule has 0 atom stereocenters. The molecular weight excluding hydrogens is 364 g/mol. The molecule has 2 heterocycles. The molecule has 0 aliphatic carbocycles. The minimum Gasteiger partial charge on any atom is -0.496 e. The van der Waals surface area contributed by atoms with Gasteiger partial charge in [-0.15, -0.1) is 11.3 Å². The van der Waals surface area contributed by atoms with Crippen LogP contribution in [0, 0.1) is 0 Å². The van der Waals surface area contributed by atoms with E-state index in [9.17, 15) is 4.79 Å². The molecule has 26 heavy (non-hydrogen) atoms. The second-order valence-corrected chi connectivity index (χ2v) is 7.45. The van der Waals surface area contributed by atoms with Crippen LogP contribution in [0.25, 0.3) is 15.9 Å². The maximum Gasteiger partial charge on any atom is 0.267 e. The Morgan fingerprint density at radius 1 is 1.08 bits per heavy atom. The summed E-state index contributed by atoms with van der Waals surface area (Å²) in [5.41, 5.74) is 1.85. The van der Waals surface area contributed by atoms with Crippen LogP contribution >= 0.6 is 23.1 Å². The zero-order valence-electron chi connectivity index (χ0n) is 14.1. The number of thioether (sulfide) groups is 1. The first-order valence-corrected chi connectivity index (χ1v) is 9.95. The van der Waals surface area contributed by atoms with E-state index in [4.69, 9.17) is 9.72 Å². The molecule has 130 valence electrons. The van der Waals surface area contributed by atoms with E-state index in [1.165, 1.54) is 23.1 Å². The lowest BCUT2D eigenvalue weighted by Gasteiger charge is -2.13. The van der Waals surface area contributed by atoms with Crippen molar-refractivity contribution >= 4 is 33.3 Å². The molecule has 4 nitrogen and oxygen atoms in total. The number of hydrogen-bond donors (Lipinski definition) is 0. The maximum absolute atomic E-state index is 13.0. The summed E-state index contributed by atoms with van der Waals surface area (Å²) in [6, 6.07) is 19.4. The summed E-state index contributed by atoms with van der Waals surface area (Å²) >= 11 is 3.02. The second kappa shape index (κ2) is 7.35. The quantitative estimate of drug-likeness (QED) is 0.370. The predicted octanol–water partition coefficient (Wildman–Crippen LogP) is 4.75. The highest BCUT2D eigenvalue weighted by atomic mass is 32.2. The molecule has 2 aromatic heterocycles. The van der Waals surface area contributed by atoms with Crippen LogP contribution in [0.2, 0.25) is 0 Å².